The van der Waals surface area contributed by atoms with Gasteiger partial charge in [0.1, 0.15) is 18.1 Å². The Kier molecular flexibility index (Phi) is 5.58. The van der Waals surface area contributed by atoms with E-state index in [1.165, 1.54) is 0 Å². The summed E-state index contributed by atoms with van der Waals surface area (Å²) in [6.07, 6.45) is 0. The van der Waals surface area contributed by atoms with E-state index in [0.717, 1.165) is 39.0 Å². The van der Waals surface area contributed by atoms with E-state index in [0.29, 0.717) is 41.5 Å². The van der Waals surface area contributed by atoms with E-state index in [2.05, 4.69) is 15.3 Å². The number of imidazole rings is 1. The summed E-state index contributed by atoms with van der Waals surface area (Å²) >= 11 is 0. The number of aryl methyl sites for hydroxylation is 1. The third-order valence-electron chi connectivity index (χ3n) is 6.63. The Morgan fingerprint density at radius 3 is 2.65 bits per heavy atom. The van der Waals surface area contributed by atoms with Crippen molar-refractivity contribution >= 4 is 22.7 Å². The molecule has 0 saturated heterocycles. The molecule has 37 heavy (non-hydrogen) atoms. The normalized spacial score (nSPS) is 12.4. The van der Waals surface area contributed by atoms with Gasteiger partial charge in [-0.3, -0.25) is 9.59 Å². The van der Waals surface area contributed by atoms with Crippen molar-refractivity contribution < 1.29 is 19.4 Å². The van der Waals surface area contributed by atoms with Crippen LogP contribution in [0, 0.1) is 13.8 Å². The minimum atomic E-state index is -0.212. The number of carbonyl (C=O) groups is 2. The van der Waals surface area contributed by atoms with Crippen molar-refractivity contribution in [2.45, 2.75) is 27.0 Å². The number of aromatic amines is 2. The van der Waals surface area contributed by atoms with Gasteiger partial charge >= 0.3 is 0 Å². The molecule has 0 bridgehead atoms. The predicted molar refractivity (Wildman–Crippen MR) is 138 cm³/mol. The third-order valence-corrected chi connectivity index (χ3v) is 6.63. The lowest BCUT2D eigenvalue weighted by Gasteiger charge is -2.06. The Balaban J connectivity index is 1.24. The minimum absolute atomic E-state index is 0.0472. The zero-order valence-electron chi connectivity index (χ0n) is 20.3. The van der Waals surface area contributed by atoms with Gasteiger partial charge in [0.15, 0.2) is 11.5 Å². The highest BCUT2D eigenvalue weighted by Crippen LogP contribution is 2.30. The average molecular weight is 493 g/mol. The fraction of sp³-hybridized carbons (Fsp3) is 0.138. The first-order chi connectivity index (χ1) is 18.0. The molecule has 0 fully saturated rings. The van der Waals surface area contributed by atoms with Crippen molar-refractivity contribution in [3.63, 3.8) is 0 Å². The van der Waals surface area contributed by atoms with Crippen LogP contribution in [0.5, 0.6) is 5.75 Å². The number of benzene rings is 3. The molecular weight excluding hydrogens is 468 g/mol. The number of nitrogens with one attached hydrogen (secondary N) is 3. The zero-order valence-corrected chi connectivity index (χ0v) is 20.3. The van der Waals surface area contributed by atoms with E-state index in [-0.39, 0.29) is 11.7 Å². The molecule has 184 valence electrons. The summed E-state index contributed by atoms with van der Waals surface area (Å²) in [4.78, 5) is 47.3. The highest BCUT2D eigenvalue weighted by atomic mass is 17.2. The van der Waals surface area contributed by atoms with Crippen LogP contribution in [-0.4, -0.2) is 26.6 Å². The molecule has 6 rings (SSSR count). The lowest BCUT2D eigenvalue weighted by Crippen LogP contribution is -2.23. The number of ketones is 1. The van der Waals surface area contributed by atoms with E-state index in [1.54, 1.807) is 18.2 Å². The van der Waals surface area contributed by atoms with Crippen molar-refractivity contribution in [3.05, 3.63) is 106 Å². The summed E-state index contributed by atoms with van der Waals surface area (Å²) in [5, 5.41) is 2.97. The summed E-state index contributed by atoms with van der Waals surface area (Å²) < 4.78 is 0. The number of amides is 1. The number of aromatic nitrogens is 3. The number of H-pyrrole nitrogens is 2. The number of nitrogens with zero attached hydrogens (tertiary/aromatic N) is 1. The molecule has 0 atom stereocenters. The van der Waals surface area contributed by atoms with Gasteiger partial charge in [-0.15, -0.1) is 0 Å². The van der Waals surface area contributed by atoms with Gasteiger partial charge in [0.25, 0.3) is 5.91 Å². The lowest BCUT2D eigenvalue weighted by atomic mass is 10.0. The molecule has 3 heterocycles. The first kappa shape index (κ1) is 22.8. The molecule has 0 saturated carbocycles. The third kappa shape index (κ3) is 4.17. The van der Waals surface area contributed by atoms with Crippen LogP contribution in [0.25, 0.3) is 22.4 Å². The molecule has 1 aliphatic heterocycles. The summed E-state index contributed by atoms with van der Waals surface area (Å²) in [7, 11) is 0. The maximum Gasteiger partial charge on any atom is 0.268 e. The number of carbonyl (C=O) groups excluding carboxylic acids is 2. The Labute approximate surface area is 212 Å². The quantitative estimate of drug-likeness (QED) is 0.224. The molecule has 5 aromatic rings. The van der Waals surface area contributed by atoms with Crippen LogP contribution in [-0.2, 0) is 18.0 Å². The average Bonchev–Trinajstić information content (AvgIpc) is 3.63. The molecule has 0 spiro atoms. The van der Waals surface area contributed by atoms with E-state index >= 15 is 0 Å². The first-order valence-corrected chi connectivity index (χ1v) is 12.0. The van der Waals surface area contributed by atoms with Crippen LogP contribution in [0.4, 0.5) is 0 Å². The lowest BCUT2D eigenvalue weighted by molar-refractivity contribution is -0.194. The van der Waals surface area contributed by atoms with E-state index in [1.807, 2.05) is 62.4 Å². The van der Waals surface area contributed by atoms with Crippen LogP contribution < -0.4 is 10.2 Å². The standard InChI is InChI=1S/C29H24N4O4/c1-16-25(17(2)31-26(16)29(35)30-14-18-8-9-21-15-36-37-24(21)12-18)28-32-22-11-10-20(13-23(22)33-28)27(34)19-6-4-3-5-7-19/h3-13,31H,14-15H2,1-2H3,(H,30,35)(H,32,33). The van der Waals surface area contributed by atoms with E-state index in [9.17, 15) is 9.59 Å². The fourth-order valence-corrected chi connectivity index (χ4v) is 4.69. The number of hydrogen-bond donors (Lipinski definition) is 3. The first-order valence-electron chi connectivity index (χ1n) is 12.0. The molecule has 1 amide bonds. The minimum Gasteiger partial charge on any atom is -0.354 e. The molecule has 2 aromatic heterocycles. The van der Waals surface area contributed by atoms with Gasteiger partial charge in [0, 0.05) is 34.5 Å². The van der Waals surface area contributed by atoms with Crippen LogP contribution in [0.1, 0.15) is 48.8 Å². The van der Waals surface area contributed by atoms with E-state index in [4.69, 9.17) is 14.8 Å². The van der Waals surface area contributed by atoms with Gasteiger partial charge in [-0.25, -0.2) is 4.98 Å². The molecule has 0 radical (unpaired) electrons. The van der Waals surface area contributed by atoms with Crippen LogP contribution in [0.3, 0.4) is 0 Å². The molecule has 0 unspecified atom stereocenters. The predicted octanol–water partition coefficient (Wildman–Crippen LogP) is 5.16. The van der Waals surface area contributed by atoms with Gasteiger partial charge in [-0.2, -0.15) is 4.89 Å². The molecule has 3 aromatic carbocycles. The monoisotopic (exact) mass is 492 g/mol. The molecule has 3 N–H and O–H groups in total. The van der Waals surface area contributed by atoms with Crippen molar-refractivity contribution in [3.8, 4) is 17.1 Å². The largest absolute Gasteiger partial charge is 0.354 e. The van der Waals surface area contributed by atoms with Crippen molar-refractivity contribution in [1.29, 1.82) is 0 Å². The van der Waals surface area contributed by atoms with Crippen molar-refractivity contribution in [1.82, 2.24) is 20.3 Å². The van der Waals surface area contributed by atoms with Crippen LogP contribution >= 0.6 is 0 Å². The maximum atomic E-state index is 13.0. The van der Waals surface area contributed by atoms with Crippen molar-refractivity contribution in [2.24, 2.45) is 0 Å². The van der Waals surface area contributed by atoms with Gasteiger partial charge in [0.05, 0.1) is 11.0 Å². The maximum absolute atomic E-state index is 13.0. The summed E-state index contributed by atoms with van der Waals surface area (Å²) in [6.45, 7) is 4.59. The highest BCUT2D eigenvalue weighted by molar-refractivity contribution is 6.10. The second-order valence-corrected chi connectivity index (χ2v) is 9.11. The number of hydrogen-bond acceptors (Lipinski definition) is 5. The Morgan fingerprint density at radius 1 is 0.973 bits per heavy atom. The Bertz CT molecular complexity index is 1670. The van der Waals surface area contributed by atoms with Gasteiger partial charge in [0.2, 0.25) is 0 Å². The van der Waals surface area contributed by atoms with Gasteiger partial charge < -0.3 is 20.2 Å². The topological polar surface area (TPSA) is 109 Å². The summed E-state index contributed by atoms with van der Waals surface area (Å²) in [5.74, 6) is 1.06. The number of fused-ring (bicyclic) bond motifs is 2. The molecular formula is C29H24N4O4. The fourth-order valence-electron chi connectivity index (χ4n) is 4.69. The molecule has 0 aliphatic carbocycles. The second-order valence-electron chi connectivity index (χ2n) is 9.11. The van der Waals surface area contributed by atoms with Crippen molar-refractivity contribution in [2.75, 3.05) is 0 Å². The zero-order chi connectivity index (χ0) is 25.5. The SMILES string of the molecule is Cc1[nH]c(C(=O)NCc2ccc3c(c2)OOC3)c(C)c1-c1nc2ccc(C(=O)c3ccccc3)cc2[nH]1. The Morgan fingerprint density at radius 2 is 1.81 bits per heavy atom. The molecule has 8 heteroatoms. The molecule has 8 nitrogen and oxygen atoms in total. The van der Waals surface area contributed by atoms with E-state index < -0.39 is 0 Å². The van der Waals surface area contributed by atoms with Crippen LogP contribution in [0.15, 0.2) is 66.7 Å². The smallest absolute Gasteiger partial charge is 0.268 e. The highest BCUT2D eigenvalue weighted by Gasteiger charge is 2.21. The Hall–Kier alpha value is -4.69. The second kappa shape index (κ2) is 9.07. The summed E-state index contributed by atoms with van der Waals surface area (Å²) in [5.41, 5.74) is 7.55. The van der Waals surface area contributed by atoms with Gasteiger partial charge in [-0.05, 0) is 49.2 Å². The molecule has 1 aliphatic rings. The van der Waals surface area contributed by atoms with Crippen LogP contribution in [0.2, 0.25) is 0 Å². The number of rotatable bonds is 6. The summed E-state index contributed by atoms with van der Waals surface area (Å²) in [6, 6.07) is 20.4. The van der Waals surface area contributed by atoms with Gasteiger partial charge in [-0.1, -0.05) is 42.5 Å².